The molecule has 0 saturated heterocycles. The molecule has 2 aliphatic rings. The number of hydrogen-bond donors (Lipinski definition) is 1. The monoisotopic (exact) mass is 368 g/mol. The number of nitrogens with zero attached hydrogens (tertiary/aromatic N) is 1. The fourth-order valence-electron chi connectivity index (χ4n) is 4.89. The van der Waals surface area contributed by atoms with Gasteiger partial charge in [-0.2, -0.15) is 0 Å². The summed E-state index contributed by atoms with van der Waals surface area (Å²) in [6.07, 6.45) is 5.34. The van der Waals surface area contributed by atoms with Crippen molar-refractivity contribution in [2.45, 2.75) is 59.1 Å². The predicted molar refractivity (Wildman–Crippen MR) is 103 cm³/mol. The van der Waals surface area contributed by atoms with Gasteiger partial charge in [0.25, 0.3) is 5.91 Å². The van der Waals surface area contributed by atoms with E-state index in [0.29, 0.717) is 23.8 Å². The van der Waals surface area contributed by atoms with Crippen molar-refractivity contribution in [2.24, 2.45) is 17.8 Å². The highest BCUT2D eigenvalue weighted by Gasteiger charge is 2.42. The van der Waals surface area contributed by atoms with Gasteiger partial charge in [0.2, 0.25) is 0 Å². The van der Waals surface area contributed by atoms with Crippen LogP contribution in [0.5, 0.6) is 5.75 Å². The number of carbonyl (C=O) groups is 1. The first-order chi connectivity index (χ1) is 13.0. The minimum atomic E-state index is -0.0203. The van der Waals surface area contributed by atoms with Gasteiger partial charge in [0.05, 0.1) is 11.3 Å². The molecule has 2 aliphatic carbocycles. The Morgan fingerprint density at radius 1 is 1.33 bits per heavy atom. The molecule has 1 heterocycles. The Kier molecular flexibility index (Phi) is 4.94. The number of benzene rings is 1. The van der Waals surface area contributed by atoms with E-state index in [0.717, 1.165) is 28.9 Å². The van der Waals surface area contributed by atoms with Crippen molar-refractivity contribution in [3.63, 3.8) is 0 Å². The Bertz CT molecular complexity index is 809. The fraction of sp³-hybridized carbons (Fsp3) is 0.545. The van der Waals surface area contributed by atoms with Crippen LogP contribution in [0.25, 0.3) is 0 Å². The van der Waals surface area contributed by atoms with E-state index in [2.05, 4.69) is 17.4 Å². The number of rotatable bonds is 6. The SMILES string of the molecule is Cc1noc(C)c1COc1cccc(C(=O)N[C@H](C)[C@H]2C[C@H]3CC[C@H]2C3)c1. The molecule has 1 aromatic heterocycles. The van der Waals surface area contributed by atoms with Gasteiger partial charge in [-0.3, -0.25) is 4.79 Å². The van der Waals surface area contributed by atoms with Crippen molar-refractivity contribution in [1.29, 1.82) is 0 Å². The first-order valence-electron chi connectivity index (χ1n) is 9.96. The molecule has 0 unspecified atom stereocenters. The zero-order chi connectivity index (χ0) is 19.0. The van der Waals surface area contributed by atoms with E-state index in [1.165, 1.54) is 25.7 Å². The average molecular weight is 368 g/mol. The molecule has 0 aliphatic heterocycles. The number of nitrogens with one attached hydrogen (secondary N) is 1. The van der Waals surface area contributed by atoms with Crippen LogP contribution in [-0.4, -0.2) is 17.1 Å². The van der Waals surface area contributed by atoms with E-state index in [9.17, 15) is 4.79 Å². The maximum atomic E-state index is 12.7. The van der Waals surface area contributed by atoms with Gasteiger partial charge in [-0.25, -0.2) is 0 Å². The first kappa shape index (κ1) is 18.1. The molecule has 1 aromatic carbocycles. The van der Waals surface area contributed by atoms with Crippen LogP contribution in [-0.2, 0) is 6.61 Å². The molecule has 5 heteroatoms. The molecule has 5 nitrogen and oxygen atoms in total. The molecule has 1 N–H and O–H groups in total. The van der Waals surface area contributed by atoms with E-state index < -0.39 is 0 Å². The van der Waals surface area contributed by atoms with Crippen molar-refractivity contribution in [1.82, 2.24) is 10.5 Å². The largest absolute Gasteiger partial charge is 0.489 e. The van der Waals surface area contributed by atoms with E-state index in [4.69, 9.17) is 9.26 Å². The van der Waals surface area contributed by atoms with Gasteiger partial charge in [0, 0.05) is 11.6 Å². The molecule has 4 rings (SSSR count). The van der Waals surface area contributed by atoms with Gasteiger partial charge < -0.3 is 14.6 Å². The topological polar surface area (TPSA) is 64.4 Å². The highest BCUT2D eigenvalue weighted by molar-refractivity contribution is 5.94. The third kappa shape index (κ3) is 3.73. The van der Waals surface area contributed by atoms with Gasteiger partial charge in [-0.1, -0.05) is 17.6 Å². The molecule has 1 amide bonds. The molecule has 2 bridgehead atoms. The lowest BCUT2D eigenvalue weighted by atomic mass is 9.84. The lowest BCUT2D eigenvalue weighted by molar-refractivity contribution is 0.0914. The Morgan fingerprint density at radius 3 is 2.85 bits per heavy atom. The zero-order valence-electron chi connectivity index (χ0n) is 16.3. The van der Waals surface area contributed by atoms with Crippen LogP contribution < -0.4 is 10.1 Å². The second-order valence-electron chi connectivity index (χ2n) is 8.22. The quantitative estimate of drug-likeness (QED) is 0.819. The fourth-order valence-corrected chi connectivity index (χ4v) is 4.89. The number of fused-ring (bicyclic) bond motifs is 2. The minimum Gasteiger partial charge on any atom is -0.489 e. The second-order valence-corrected chi connectivity index (χ2v) is 8.22. The maximum absolute atomic E-state index is 12.7. The lowest BCUT2D eigenvalue weighted by Crippen LogP contribution is -2.40. The van der Waals surface area contributed by atoms with E-state index in [1.807, 2.05) is 32.0 Å². The smallest absolute Gasteiger partial charge is 0.251 e. The lowest BCUT2D eigenvalue weighted by Gasteiger charge is -2.28. The minimum absolute atomic E-state index is 0.0203. The first-order valence-corrected chi connectivity index (χ1v) is 9.96. The van der Waals surface area contributed by atoms with Crippen LogP contribution in [0.15, 0.2) is 28.8 Å². The summed E-state index contributed by atoms with van der Waals surface area (Å²) in [6.45, 7) is 6.31. The molecule has 2 fully saturated rings. The normalized spacial score (nSPS) is 24.8. The zero-order valence-corrected chi connectivity index (χ0v) is 16.3. The Hall–Kier alpha value is -2.30. The van der Waals surface area contributed by atoms with Crippen LogP contribution in [0.3, 0.4) is 0 Å². The average Bonchev–Trinajstić information content (AvgIpc) is 3.37. The second kappa shape index (κ2) is 7.37. The Morgan fingerprint density at radius 2 is 2.19 bits per heavy atom. The van der Waals surface area contributed by atoms with Crippen molar-refractivity contribution < 1.29 is 14.1 Å². The van der Waals surface area contributed by atoms with Gasteiger partial charge >= 0.3 is 0 Å². The predicted octanol–water partition coefficient (Wildman–Crippen LogP) is 4.42. The molecule has 0 radical (unpaired) electrons. The number of amides is 1. The highest BCUT2D eigenvalue weighted by atomic mass is 16.5. The summed E-state index contributed by atoms with van der Waals surface area (Å²) in [5.74, 6) is 3.74. The molecule has 0 spiro atoms. The number of aryl methyl sites for hydroxylation is 2. The number of ether oxygens (including phenoxy) is 1. The van der Waals surface area contributed by atoms with E-state index in [-0.39, 0.29) is 11.9 Å². The molecular formula is C22H28N2O3. The summed E-state index contributed by atoms with van der Waals surface area (Å²) in [5.41, 5.74) is 2.43. The van der Waals surface area contributed by atoms with Crippen LogP contribution in [0.2, 0.25) is 0 Å². The standard InChI is InChI=1S/C22H28N2O3/c1-13(20-10-16-7-8-17(20)9-16)23-22(25)18-5-4-6-19(11-18)26-12-21-14(2)24-27-15(21)3/h4-6,11,13,16-17,20H,7-10,12H2,1-3H3,(H,23,25)/t13-,16+,17+,20-/m1/s1. The van der Waals surface area contributed by atoms with Crippen LogP contribution >= 0.6 is 0 Å². The summed E-state index contributed by atoms with van der Waals surface area (Å²) in [7, 11) is 0. The van der Waals surface area contributed by atoms with Gasteiger partial charge in [0.1, 0.15) is 18.1 Å². The van der Waals surface area contributed by atoms with Crippen molar-refractivity contribution >= 4 is 5.91 Å². The van der Waals surface area contributed by atoms with Gasteiger partial charge in [-0.05, 0) is 76.0 Å². The molecule has 144 valence electrons. The third-order valence-electron chi connectivity index (χ3n) is 6.45. The van der Waals surface area contributed by atoms with Crippen molar-refractivity contribution in [3.05, 3.63) is 46.8 Å². The summed E-state index contributed by atoms with van der Waals surface area (Å²) < 4.78 is 11.0. The Labute approximate surface area is 160 Å². The number of hydrogen-bond acceptors (Lipinski definition) is 4. The summed E-state index contributed by atoms with van der Waals surface area (Å²) in [6, 6.07) is 7.60. The number of carbonyl (C=O) groups excluding carboxylic acids is 1. The molecule has 2 aromatic rings. The summed E-state index contributed by atoms with van der Waals surface area (Å²) in [4.78, 5) is 12.7. The van der Waals surface area contributed by atoms with Gasteiger partial charge in [-0.15, -0.1) is 0 Å². The molecule has 27 heavy (non-hydrogen) atoms. The van der Waals surface area contributed by atoms with Crippen LogP contribution in [0.4, 0.5) is 0 Å². The Balaban J connectivity index is 1.37. The number of aromatic nitrogens is 1. The van der Waals surface area contributed by atoms with Crippen LogP contribution in [0, 0.1) is 31.6 Å². The van der Waals surface area contributed by atoms with E-state index >= 15 is 0 Å². The molecular weight excluding hydrogens is 340 g/mol. The third-order valence-corrected chi connectivity index (χ3v) is 6.45. The van der Waals surface area contributed by atoms with Crippen molar-refractivity contribution in [3.8, 4) is 5.75 Å². The maximum Gasteiger partial charge on any atom is 0.251 e. The molecule has 2 saturated carbocycles. The van der Waals surface area contributed by atoms with Crippen molar-refractivity contribution in [2.75, 3.05) is 0 Å². The summed E-state index contributed by atoms with van der Waals surface area (Å²) >= 11 is 0. The highest BCUT2D eigenvalue weighted by Crippen LogP contribution is 2.49. The molecule has 4 atom stereocenters. The van der Waals surface area contributed by atoms with E-state index in [1.54, 1.807) is 6.07 Å². The van der Waals surface area contributed by atoms with Crippen LogP contribution in [0.1, 0.15) is 60.0 Å². The summed E-state index contributed by atoms with van der Waals surface area (Å²) in [5, 5.41) is 7.16. The van der Waals surface area contributed by atoms with Gasteiger partial charge in [0.15, 0.2) is 0 Å².